The molecule has 5 aromatic rings. The standard InChI is InChI=1S/C26H29FN10O4S/c27-17-14-16(40-13-5-30-15-20(28)38)3-4-18(17)35-9-6-34(7-10-35)8-11-36-23-21(42-26(36)39)24-31-22(19-2-1-12-41-19)33-37(24)25(29)32-23/h1-4,12,14,30H,5-11,13,15H2,(H2,28,38)(H2,29,32). The number of primary amides is 1. The number of benzene rings is 1. The van der Waals surface area contributed by atoms with Gasteiger partial charge < -0.3 is 30.8 Å². The number of halogens is 1. The molecule has 0 saturated carbocycles. The molecule has 1 aromatic carbocycles. The van der Waals surface area contributed by atoms with Crippen molar-refractivity contribution in [3.63, 3.8) is 0 Å². The van der Waals surface area contributed by atoms with Crippen molar-refractivity contribution < 1.29 is 18.3 Å². The van der Waals surface area contributed by atoms with Crippen molar-refractivity contribution in [2.24, 2.45) is 5.73 Å². The third-order valence-electron chi connectivity index (χ3n) is 6.98. The number of carbonyl (C=O) groups excluding carboxylic acids is 1. The molecule has 0 aliphatic carbocycles. The molecule has 0 atom stereocenters. The number of nitrogens with zero attached hydrogens (tertiary/aromatic N) is 7. The normalized spacial score (nSPS) is 14.3. The number of thiazole rings is 1. The van der Waals surface area contributed by atoms with Crippen LogP contribution in [0.1, 0.15) is 0 Å². The molecule has 220 valence electrons. The molecule has 14 nitrogen and oxygen atoms in total. The van der Waals surface area contributed by atoms with Crippen molar-refractivity contribution in [2.45, 2.75) is 6.54 Å². The van der Waals surface area contributed by atoms with Crippen molar-refractivity contribution in [1.29, 1.82) is 0 Å². The Labute approximate surface area is 242 Å². The number of carbonyl (C=O) groups is 1. The van der Waals surface area contributed by atoms with Gasteiger partial charge in [-0.25, -0.2) is 9.37 Å². The second-order valence-corrected chi connectivity index (χ2v) is 10.7. The lowest BCUT2D eigenvalue weighted by Crippen LogP contribution is -2.47. The Morgan fingerprint density at radius 2 is 1.98 bits per heavy atom. The smallest absolute Gasteiger partial charge is 0.309 e. The lowest BCUT2D eigenvalue weighted by atomic mass is 10.2. The maximum atomic E-state index is 14.9. The number of ether oxygens (including phenoxy) is 1. The van der Waals surface area contributed by atoms with Gasteiger partial charge in [0.25, 0.3) is 0 Å². The topological polar surface area (TPSA) is 175 Å². The fraction of sp³-hybridized carbons (Fsp3) is 0.346. The molecule has 1 aliphatic rings. The summed E-state index contributed by atoms with van der Waals surface area (Å²) in [5.74, 6) is 0.587. The van der Waals surface area contributed by atoms with Gasteiger partial charge in [0.05, 0.1) is 18.5 Å². The van der Waals surface area contributed by atoms with Crippen LogP contribution in [0.15, 0.2) is 45.8 Å². The first-order chi connectivity index (χ1) is 20.4. The van der Waals surface area contributed by atoms with E-state index < -0.39 is 5.91 Å². The first-order valence-electron chi connectivity index (χ1n) is 13.4. The molecular formula is C26H29FN10O4S. The molecule has 5 N–H and O–H groups in total. The SMILES string of the molecule is NC(=O)CNCCOc1ccc(N2CCN(CCn3c(=O)sc4c3nc(N)n3nc(-c5ccco5)nc43)CC2)c(F)c1. The van der Waals surface area contributed by atoms with Crippen LogP contribution < -0.4 is 31.3 Å². The quantitative estimate of drug-likeness (QED) is 0.184. The second kappa shape index (κ2) is 11.8. The van der Waals surface area contributed by atoms with Gasteiger partial charge in [0.2, 0.25) is 17.7 Å². The van der Waals surface area contributed by atoms with Gasteiger partial charge in [0.15, 0.2) is 17.1 Å². The van der Waals surface area contributed by atoms with Crippen molar-refractivity contribution in [1.82, 2.24) is 34.4 Å². The van der Waals surface area contributed by atoms with Gasteiger partial charge in [-0.05, 0) is 24.3 Å². The van der Waals surface area contributed by atoms with Crippen LogP contribution in [0.4, 0.5) is 16.0 Å². The summed E-state index contributed by atoms with van der Waals surface area (Å²) in [4.78, 5) is 36.8. The number of piperazine rings is 1. The van der Waals surface area contributed by atoms with E-state index in [0.29, 0.717) is 84.8 Å². The number of aromatic nitrogens is 5. The zero-order chi connectivity index (χ0) is 29.2. The fourth-order valence-electron chi connectivity index (χ4n) is 4.88. The maximum absolute atomic E-state index is 14.9. The van der Waals surface area contributed by atoms with E-state index in [1.54, 1.807) is 28.8 Å². The Kier molecular flexibility index (Phi) is 7.73. The van der Waals surface area contributed by atoms with Crippen molar-refractivity contribution >= 4 is 44.9 Å². The van der Waals surface area contributed by atoms with E-state index in [1.165, 1.54) is 16.8 Å². The van der Waals surface area contributed by atoms with Crippen LogP contribution in [-0.4, -0.2) is 87.4 Å². The summed E-state index contributed by atoms with van der Waals surface area (Å²) < 4.78 is 29.5. The summed E-state index contributed by atoms with van der Waals surface area (Å²) in [5, 5.41) is 7.23. The van der Waals surface area contributed by atoms with Crippen LogP contribution in [0.2, 0.25) is 0 Å². The highest BCUT2D eigenvalue weighted by Gasteiger charge is 2.22. The zero-order valence-corrected chi connectivity index (χ0v) is 23.3. The number of hydrogen-bond acceptors (Lipinski definition) is 12. The number of hydrogen-bond donors (Lipinski definition) is 3. The fourth-order valence-corrected chi connectivity index (χ4v) is 5.81. The molecule has 4 aromatic heterocycles. The second-order valence-electron chi connectivity index (χ2n) is 9.72. The van der Waals surface area contributed by atoms with Gasteiger partial charge in [0.1, 0.15) is 22.9 Å². The van der Waals surface area contributed by atoms with Crippen molar-refractivity contribution in [3.05, 3.63) is 52.1 Å². The molecule has 16 heteroatoms. The van der Waals surface area contributed by atoms with E-state index in [9.17, 15) is 14.0 Å². The molecule has 42 heavy (non-hydrogen) atoms. The lowest BCUT2D eigenvalue weighted by molar-refractivity contribution is -0.117. The largest absolute Gasteiger partial charge is 0.492 e. The van der Waals surface area contributed by atoms with Crippen LogP contribution in [0.5, 0.6) is 5.75 Å². The summed E-state index contributed by atoms with van der Waals surface area (Å²) in [6.07, 6.45) is 1.53. The number of furan rings is 1. The average Bonchev–Trinajstić information content (AvgIpc) is 3.72. The Morgan fingerprint density at radius 3 is 2.71 bits per heavy atom. The van der Waals surface area contributed by atoms with E-state index in [1.807, 2.05) is 4.90 Å². The van der Waals surface area contributed by atoms with Crippen LogP contribution >= 0.6 is 11.3 Å². The lowest BCUT2D eigenvalue weighted by Gasteiger charge is -2.36. The van der Waals surface area contributed by atoms with Gasteiger partial charge >= 0.3 is 4.87 Å². The van der Waals surface area contributed by atoms with Crippen LogP contribution in [-0.2, 0) is 11.3 Å². The Morgan fingerprint density at radius 1 is 1.14 bits per heavy atom. The van der Waals surface area contributed by atoms with E-state index in [-0.39, 0.29) is 29.8 Å². The highest BCUT2D eigenvalue weighted by Crippen LogP contribution is 2.27. The third kappa shape index (κ3) is 5.63. The molecule has 5 heterocycles. The Hall–Kier alpha value is -4.54. The predicted molar refractivity (Wildman–Crippen MR) is 155 cm³/mol. The maximum Gasteiger partial charge on any atom is 0.309 e. The monoisotopic (exact) mass is 596 g/mol. The first kappa shape index (κ1) is 27.6. The predicted octanol–water partition coefficient (Wildman–Crippen LogP) is 0.758. The first-order valence-corrected chi connectivity index (χ1v) is 14.2. The summed E-state index contributed by atoms with van der Waals surface area (Å²) >= 11 is 1.06. The van der Waals surface area contributed by atoms with Gasteiger partial charge in [-0.1, -0.05) is 11.3 Å². The molecule has 1 aliphatic heterocycles. The van der Waals surface area contributed by atoms with Gasteiger partial charge in [-0.2, -0.15) is 9.50 Å². The average molecular weight is 597 g/mol. The van der Waals surface area contributed by atoms with Crippen LogP contribution in [0.25, 0.3) is 27.6 Å². The third-order valence-corrected chi connectivity index (χ3v) is 7.94. The van der Waals surface area contributed by atoms with Crippen molar-refractivity contribution in [2.75, 3.05) is 63.1 Å². The summed E-state index contributed by atoms with van der Waals surface area (Å²) in [5.41, 5.74) is 12.7. The number of nitrogens with one attached hydrogen (secondary N) is 1. The van der Waals surface area contributed by atoms with E-state index in [4.69, 9.17) is 20.6 Å². The van der Waals surface area contributed by atoms with Crippen LogP contribution in [0.3, 0.4) is 0 Å². The number of nitrogen functional groups attached to an aromatic ring is 1. The molecule has 0 bridgehead atoms. The highest BCUT2D eigenvalue weighted by molar-refractivity contribution is 7.17. The van der Waals surface area contributed by atoms with Gasteiger partial charge in [-0.15, -0.1) is 5.10 Å². The minimum atomic E-state index is -0.448. The molecule has 1 amide bonds. The molecular weight excluding hydrogens is 567 g/mol. The summed E-state index contributed by atoms with van der Waals surface area (Å²) in [6.45, 7) is 4.49. The number of anilines is 2. The molecule has 1 saturated heterocycles. The molecule has 0 radical (unpaired) electrons. The minimum absolute atomic E-state index is 0.0647. The molecule has 6 rings (SSSR count). The molecule has 0 unspecified atom stereocenters. The number of fused-ring (bicyclic) bond motifs is 3. The van der Waals surface area contributed by atoms with Gasteiger partial charge in [-0.3, -0.25) is 19.1 Å². The van der Waals surface area contributed by atoms with Gasteiger partial charge in [0, 0.05) is 51.9 Å². The molecule has 1 fully saturated rings. The van der Waals surface area contributed by atoms with E-state index in [2.05, 4.69) is 25.3 Å². The van der Waals surface area contributed by atoms with Crippen molar-refractivity contribution in [3.8, 4) is 17.3 Å². The minimum Gasteiger partial charge on any atom is -0.492 e. The van der Waals surface area contributed by atoms with E-state index in [0.717, 1.165) is 11.3 Å². The Balaban J connectivity index is 1.07. The number of amides is 1. The summed E-state index contributed by atoms with van der Waals surface area (Å²) in [7, 11) is 0. The zero-order valence-electron chi connectivity index (χ0n) is 22.5. The number of nitrogens with two attached hydrogens (primary N) is 2. The molecule has 0 spiro atoms. The number of rotatable bonds is 11. The summed E-state index contributed by atoms with van der Waals surface area (Å²) in [6, 6.07) is 8.30. The van der Waals surface area contributed by atoms with E-state index >= 15 is 0 Å². The Bertz CT molecular complexity index is 1780. The highest BCUT2D eigenvalue weighted by atomic mass is 32.1. The van der Waals surface area contributed by atoms with Crippen LogP contribution in [0, 0.1) is 5.82 Å².